The molecule has 6 heteroatoms. The van der Waals surface area contributed by atoms with E-state index in [4.69, 9.17) is 0 Å². The molecule has 4 aliphatic carbocycles. The highest BCUT2D eigenvalue weighted by Gasteiger charge is 2.56. The molecule has 1 aliphatic heterocycles. The first kappa shape index (κ1) is 22.4. The smallest absolute Gasteiger partial charge is 0.253 e. The van der Waals surface area contributed by atoms with Crippen molar-refractivity contribution in [2.45, 2.75) is 71.3 Å². The summed E-state index contributed by atoms with van der Waals surface area (Å²) in [6.45, 7) is 5.90. The van der Waals surface area contributed by atoms with Crippen LogP contribution in [0.15, 0.2) is 24.3 Å². The summed E-state index contributed by atoms with van der Waals surface area (Å²) in [5.74, 6) is 2.21. The van der Waals surface area contributed by atoms with Crippen molar-refractivity contribution in [3.05, 3.63) is 29.8 Å². The van der Waals surface area contributed by atoms with E-state index in [2.05, 4.69) is 5.32 Å². The summed E-state index contributed by atoms with van der Waals surface area (Å²) in [6.07, 6.45) is 8.57. The monoisotopic (exact) mass is 451 g/mol. The van der Waals surface area contributed by atoms with Gasteiger partial charge in [0, 0.05) is 30.9 Å². The Hall–Kier alpha value is -2.37. The van der Waals surface area contributed by atoms with Crippen LogP contribution in [-0.2, 0) is 9.59 Å². The Bertz CT molecular complexity index is 903. The second-order valence-corrected chi connectivity index (χ2v) is 10.9. The number of rotatable bonds is 6. The highest BCUT2D eigenvalue weighted by Crippen LogP contribution is 2.60. The molecule has 6 rings (SSSR count). The lowest BCUT2D eigenvalue weighted by molar-refractivity contribution is -0.160. The summed E-state index contributed by atoms with van der Waals surface area (Å²) in [5.41, 5.74) is 0.977. The van der Waals surface area contributed by atoms with Gasteiger partial charge in [0.2, 0.25) is 11.8 Å². The zero-order valence-electron chi connectivity index (χ0n) is 20.0. The molecule has 3 amide bonds. The summed E-state index contributed by atoms with van der Waals surface area (Å²) in [4.78, 5) is 43.5. The third kappa shape index (κ3) is 4.06. The van der Waals surface area contributed by atoms with Crippen LogP contribution in [0.1, 0.15) is 75.6 Å². The van der Waals surface area contributed by atoms with E-state index >= 15 is 0 Å². The summed E-state index contributed by atoms with van der Waals surface area (Å²) >= 11 is 0. The summed E-state index contributed by atoms with van der Waals surface area (Å²) in [7, 11) is 0. The molecule has 0 radical (unpaired) electrons. The van der Waals surface area contributed by atoms with Crippen molar-refractivity contribution in [2.24, 2.45) is 23.2 Å². The van der Waals surface area contributed by atoms with Gasteiger partial charge in [0.1, 0.15) is 6.04 Å². The van der Waals surface area contributed by atoms with Crippen LogP contribution < -0.4 is 5.32 Å². The SMILES string of the molecule is CCN(CC)C(=O)c1cccc(NC(=O)C2CCCN2C(=O)C23CC4CC(CC(C4)C2)C3)c1. The highest BCUT2D eigenvalue weighted by molar-refractivity contribution is 6.00. The van der Waals surface area contributed by atoms with Gasteiger partial charge in [-0.25, -0.2) is 0 Å². The maximum absolute atomic E-state index is 13.8. The Morgan fingerprint density at radius 3 is 2.27 bits per heavy atom. The third-order valence-electron chi connectivity index (χ3n) is 8.74. The Balaban J connectivity index is 1.29. The van der Waals surface area contributed by atoms with Gasteiger partial charge in [-0.3, -0.25) is 14.4 Å². The zero-order chi connectivity index (χ0) is 23.2. The Labute approximate surface area is 197 Å². The fourth-order valence-electron chi connectivity index (χ4n) is 7.61. The molecule has 1 heterocycles. The molecule has 1 aromatic carbocycles. The molecular formula is C27H37N3O3. The molecule has 1 saturated heterocycles. The van der Waals surface area contributed by atoms with E-state index in [0.29, 0.717) is 55.1 Å². The van der Waals surface area contributed by atoms with Crippen LogP contribution in [0.25, 0.3) is 0 Å². The Morgan fingerprint density at radius 1 is 1.03 bits per heavy atom. The molecule has 33 heavy (non-hydrogen) atoms. The minimum Gasteiger partial charge on any atom is -0.339 e. The average molecular weight is 452 g/mol. The number of nitrogens with zero attached hydrogens (tertiary/aromatic N) is 2. The van der Waals surface area contributed by atoms with Crippen LogP contribution in [0.4, 0.5) is 5.69 Å². The molecule has 1 atom stereocenters. The van der Waals surface area contributed by atoms with Gasteiger partial charge in [0.05, 0.1) is 5.41 Å². The van der Waals surface area contributed by atoms with E-state index < -0.39 is 6.04 Å². The number of nitrogens with one attached hydrogen (secondary N) is 1. The lowest BCUT2D eigenvalue weighted by Crippen LogP contribution is -2.56. The number of hydrogen-bond donors (Lipinski definition) is 1. The van der Waals surface area contributed by atoms with Gasteiger partial charge < -0.3 is 15.1 Å². The van der Waals surface area contributed by atoms with Gasteiger partial charge in [-0.15, -0.1) is 0 Å². The van der Waals surface area contributed by atoms with Crippen molar-refractivity contribution < 1.29 is 14.4 Å². The third-order valence-corrected chi connectivity index (χ3v) is 8.74. The molecule has 5 fully saturated rings. The van der Waals surface area contributed by atoms with E-state index in [1.54, 1.807) is 23.1 Å². The molecule has 178 valence electrons. The van der Waals surface area contributed by atoms with Crippen molar-refractivity contribution in [2.75, 3.05) is 25.0 Å². The van der Waals surface area contributed by atoms with Gasteiger partial charge >= 0.3 is 0 Å². The van der Waals surface area contributed by atoms with E-state index in [1.165, 1.54) is 19.3 Å². The zero-order valence-corrected chi connectivity index (χ0v) is 20.0. The van der Waals surface area contributed by atoms with Gasteiger partial charge in [-0.1, -0.05) is 6.07 Å². The first-order valence-corrected chi connectivity index (χ1v) is 12.9. The molecule has 1 aromatic rings. The van der Waals surface area contributed by atoms with Crippen LogP contribution in [0.3, 0.4) is 0 Å². The minimum absolute atomic E-state index is 0.0319. The molecule has 4 bridgehead atoms. The lowest BCUT2D eigenvalue weighted by atomic mass is 9.49. The predicted molar refractivity (Wildman–Crippen MR) is 128 cm³/mol. The molecule has 4 saturated carbocycles. The van der Waals surface area contributed by atoms with Gasteiger partial charge in [0.25, 0.3) is 5.91 Å². The molecule has 0 aromatic heterocycles. The summed E-state index contributed by atoms with van der Waals surface area (Å²) in [6, 6.07) is 6.75. The fourth-order valence-corrected chi connectivity index (χ4v) is 7.61. The van der Waals surface area contributed by atoms with Gasteiger partial charge in [-0.05, 0) is 101 Å². The van der Waals surface area contributed by atoms with E-state index in [0.717, 1.165) is 25.7 Å². The first-order valence-electron chi connectivity index (χ1n) is 12.9. The minimum atomic E-state index is -0.410. The van der Waals surface area contributed by atoms with Crippen molar-refractivity contribution in [1.82, 2.24) is 9.80 Å². The number of benzene rings is 1. The van der Waals surface area contributed by atoms with Crippen LogP contribution in [0.5, 0.6) is 0 Å². The highest BCUT2D eigenvalue weighted by atomic mass is 16.2. The number of amides is 3. The predicted octanol–water partition coefficient (Wildman–Crippen LogP) is 4.31. The Morgan fingerprint density at radius 2 is 1.67 bits per heavy atom. The molecular weight excluding hydrogens is 414 g/mol. The molecule has 5 aliphatic rings. The van der Waals surface area contributed by atoms with Gasteiger partial charge in [0.15, 0.2) is 0 Å². The number of carbonyl (C=O) groups is 3. The van der Waals surface area contributed by atoms with Crippen LogP contribution in [0, 0.1) is 23.2 Å². The molecule has 1 N–H and O–H groups in total. The second kappa shape index (κ2) is 8.77. The summed E-state index contributed by atoms with van der Waals surface area (Å²) in [5, 5.41) is 3.01. The largest absolute Gasteiger partial charge is 0.339 e. The molecule has 1 unspecified atom stereocenters. The standard InChI is InChI=1S/C27H37N3O3/c1-3-29(4-2)25(32)21-7-5-8-22(14-21)28-24(31)23-9-6-10-30(23)26(33)27-15-18-11-19(16-27)13-20(12-18)17-27/h5,7-8,14,18-20,23H,3-4,6,9-13,15-17H2,1-2H3,(H,28,31). The molecule has 0 spiro atoms. The quantitative estimate of drug-likeness (QED) is 0.701. The van der Waals surface area contributed by atoms with E-state index in [9.17, 15) is 14.4 Å². The van der Waals surface area contributed by atoms with Crippen LogP contribution in [-0.4, -0.2) is 53.2 Å². The van der Waals surface area contributed by atoms with Gasteiger partial charge in [-0.2, -0.15) is 0 Å². The normalized spacial score (nSPS) is 32.1. The number of anilines is 1. The topological polar surface area (TPSA) is 69.7 Å². The average Bonchev–Trinajstić information content (AvgIpc) is 3.28. The van der Waals surface area contributed by atoms with Crippen molar-refractivity contribution >= 4 is 23.4 Å². The van der Waals surface area contributed by atoms with E-state index in [1.807, 2.05) is 24.8 Å². The maximum atomic E-state index is 13.8. The van der Waals surface area contributed by atoms with Crippen molar-refractivity contribution in [1.29, 1.82) is 0 Å². The number of carbonyl (C=O) groups excluding carboxylic acids is 3. The van der Waals surface area contributed by atoms with E-state index in [-0.39, 0.29) is 23.1 Å². The fraction of sp³-hybridized carbons (Fsp3) is 0.667. The Kier molecular flexibility index (Phi) is 5.96. The maximum Gasteiger partial charge on any atom is 0.253 e. The van der Waals surface area contributed by atoms with Crippen molar-refractivity contribution in [3.63, 3.8) is 0 Å². The summed E-state index contributed by atoms with van der Waals surface area (Å²) < 4.78 is 0. The number of likely N-dealkylation sites (tertiary alicyclic amines) is 1. The molecule has 6 nitrogen and oxygen atoms in total. The number of hydrogen-bond acceptors (Lipinski definition) is 3. The first-order chi connectivity index (χ1) is 15.9. The van der Waals surface area contributed by atoms with Crippen LogP contribution in [0.2, 0.25) is 0 Å². The lowest BCUT2D eigenvalue weighted by Gasteiger charge is -2.56. The van der Waals surface area contributed by atoms with Crippen LogP contribution >= 0.6 is 0 Å². The van der Waals surface area contributed by atoms with Crippen molar-refractivity contribution in [3.8, 4) is 0 Å². The second-order valence-electron chi connectivity index (χ2n) is 10.9.